The average Bonchev–Trinajstić information content (AvgIpc) is 2.59. The van der Waals surface area contributed by atoms with Crippen LogP contribution in [0.4, 0.5) is 0 Å². The third-order valence-electron chi connectivity index (χ3n) is 4.40. The van der Waals surface area contributed by atoms with Crippen molar-refractivity contribution in [3.63, 3.8) is 0 Å². The molecule has 0 radical (unpaired) electrons. The molecule has 0 bridgehead atoms. The Balaban J connectivity index is 1.74. The van der Waals surface area contributed by atoms with Crippen molar-refractivity contribution in [2.24, 2.45) is 5.92 Å². The molecule has 0 aromatic heterocycles. The molecule has 1 saturated heterocycles. The summed E-state index contributed by atoms with van der Waals surface area (Å²) in [5.74, 6) is 0.935. The van der Waals surface area contributed by atoms with Crippen molar-refractivity contribution in [3.8, 4) is 0 Å². The molecule has 2 atom stereocenters. The van der Waals surface area contributed by atoms with E-state index in [-0.39, 0.29) is 0 Å². The van der Waals surface area contributed by atoms with Gasteiger partial charge in [-0.05, 0) is 45.1 Å². The van der Waals surface area contributed by atoms with Crippen LogP contribution in [0, 0.1) is 5.92 Å². The van der Waals surface area contributed by atoms with E-state index in [1.807, 2.05) is 0 Å². The lowest BCUT2D eigenvalue weighted by Gasteiger charge is -2.31. The van der Waals surface area contributed by atoms with Crippen LogP contribution in [0.25, 0.3) is 0 Å². The summed E-state index contributed by atoms with van der Waals surface area (Å²) in [4.78, 5) is 0. The largest absolute Gasteiger partial charge is 0.315 e. The number of hydrogen-bond acceptors (Lipinski definition) is 2. The molecule has 1 aliphatic carbocycles. The molecule has 1 saturated carbocycles. The molecule has 2 fully saturated rings. The van der Waals surface area contributed by atoms with Gasteiger partial charge in [-0.1, -0.05) is 25.7 Å². The maximum Gasteiger partial charge on any atom is 0.0195 e. The average molecular weight is 224 g/mol. The van der Waals surface area contributed by atoms with Crippen molar-refractivity contribution in [3.05, 3.63) is 0 Å². The van der Waals surface area contributed by atoms with Crippen molar-refractivity contribution in [1.29, 1.82) is 0 Å². The van der Waals surface area contributed by atoms with Crippen molar-refractivity contribution in [2.45, 2.75) is 70.4 Å². The molecule has 0 aromatic rings. The summed E-state index contributed by atoms with van der Waals surface area (Å²) in [6.07, 6.45) is 11.5. The van der Waals surface area contributed by atoms with Crippen LogP contribution in [0.2, 0.25) is 0 Å². The van der Waals surface area contributed by atoms with E-state index in [1.54, 1.807) is 0 Å². The van der Waals surface area contributed by atoms with Gasteiger partial charge in [0.25, 0.3) is 0 Å². The maximum absolute atomic E-state index is 3.85. The van der Waals surface area contributed by atoms with Crippen molar-refractivity contribution in [1.82, 2.24) is 10.6 Å². The third kappa shape index (κ3) is 3.74. The van der Waals surface area contributed by atoms with Crippen molar-refractivity contribution >= 4 is 0 Å². The van der Waals surface area contributed by atoms with Gasteiger partial charge < -0.3 is 10.6 Å². The summed E-state index contributed by atoms with van der Waals surface area (Å²) in [5.41, 5.74) is 0. The van der Waals surface area contributed by atoms with E-state index in [2.05, 4.69) is 17.6 Å². The molecule has 16 heavy (non-hydrogen) atoms. The summed E-state index contributed by atoms with van der Waals surface area (Å²) in [6, 6.07) is 1.45. The Labute approximate surface area is 101 Å². The molecular formula is C14H28N2. The summed E-state index contributed by atoms with van der Waals surface area (Å²) in [5, 5.41) is 7.35. The normalized spacial score (nSPS) is 30.9. The van der Waals surface area contributed by atoms with Crippen LogP contribution in [-0.2, 0) is 0 Å². The Morgan fingerprint density at radius 1 is 1.00 bits per heavy atom. The van der Waals surface area contributed by atoms with Gasteiger partial charge in [0.05, 0.1) is 0 Å². The predicted octanol–water partition coefficient (Wildman–Crippen LogP) is 2.69. The van der Waals surface area contributed by atoms with Crippen LogP contribution in [-0.4, -0.2) is 25.2 Å². The molecule has 94 valence electrons. The third-order valence-corrected chi connectivity index (χ3v) is 4.40. The molecule has 0 aromatic carbocycles. The molecule has 1 heterocycles. The zero-order chi connectivity index (χ0) is 11.2. The van der Waals surface area contributed by atoms with Crippen LogP contribution in [0.1, 0.15) is 58.3 Å². The van der Waals surface area contributed by atoms with E-state index < -0.39 is 0 Å². The number of nitrogens with one attached hydrogen (secondary N) is 2. The summed E-state index contributed by atoms with van der Waals surface area (Å²) in [7, 11) is 0. The monoisotopic (exact) mass is 224 g/mol. The molecule has 0 amide bonds. The van der Waals surface area contributed by atoms with Gasteiger partial charge >= 0.3 is 0 Å². The Hall–Kier alpha value is -0.0800. The summed E-state index contributed by atoms with van der Waals surface area (Å²) < 4.78 is 0. The molecule has 2 aliphatic rings. The molecule has 2 nitrogen and oxygen atoms in total. The first-order valence-corrected chi connectivity index (χ1v) is 7.33. The highest BCUT2D eigenvalue weighted by Gasteiger charge is 2.22. The predicted molar refractivity (Wildman–Crippen MR) is 69.7 cm³/mol. The van der Waals surface area contributed by atoms with Gasteiger partial charge in [-0.3, -0.25) is 0 Å². The zero-order valence-electron chi connectivity index (χ0n) is 10.8. The smallest absolute Gasteiger partial charge is 0.0195 e. The van der Waals surface area contributed by atoms with E-state index >= 15 is 0 Å². The molecule has 2 N–H and O–H groups in total. The second-order valence-electron chi connectivity index (χ2n) is 5.75. The maximum atomic E-state index is 3.85. The lowest BCUT2D eigenvalue weighted by molar-refractivity contribution is 0.281. The fourth-order valence-corrected chi connectivity index (χ4v) is 3.31. The van der Waals surface area contributed by atoms with E-state index in [0.29, 0.717) is 0 Å². The van der Waals surface area contributed by atoms with Crippen LogP contribution in [0.3, 0.4) is 0 Å². The van der Waals surface area contributed by atoms with Crippen LogP contribution in [0.15, 0.2) is 0 Å². The van der Waals surface area contributed by atoms with Gasteiger partial charge in [0.15, 0.2) is 0 Å². The standard InChI is InChI=1S/C14H28N2/c1-12(13-7-4-2-3-5-8-13)16-14-9-6-10-15-11-14/h12-16H,2-11H2,1H3/t12-,14?/m0/s1. The topological polar surface area (TPSA) is 24.1 Å². The van der Waals surface area contributed by atoms with Crippen molar-refractivity contribution in [2.75, 3.05) is 13.1 Å². The molecule has 2 heteroatoms. The second-order valence-corrected chi connectivity index (χ2v) is 5.75. The van der Waals surface area contributed by atoms with Gasteiger partial charge in [-0.15, -0.1) is 0 Å². The molecule has 2 rings (SSSR count). The van der Waals surface area contributed by atoms with Gasteiger partial charge in [0.1, 0.15) is 0 Å². The van der Waals surface area contributed by atoms with Crippen LogP contribution < -0.4 is 10.6 Å². The Morgan fingerprint density at radius 3 is 2.38 bits per heavy atom. The number of rotatable bonds is 3. The van der Waals surface area contributed by atoms with Crippen LogP contribution in [0.5, 0.6) is 0 Å². The Morgan fingerprint density at radius 2 is 1.75 bits per heavy atom. The quantitative estimate of drug-likeness (QED) is 0.720. The number of piperidine rings is 1. The molecule has 1 aliphatic heterocycles. The molecule has 0 spiro atoms. The van der Waals surface area contributed by atoms with E-state index in [1.165, 1.54) is 64.5 Å². The van der Waals surface area contributed by atoms with Gasteiger partial charge in [0, 0.05) is 18.6 Å². The van der Waals surface area contributed by atoms with E-state index in [4.69, 9.17) is 0 Å². The fourth-order valence-electron chi connectivity index (χ4n) is 3.31. The lowest BCUT2D eigenvalue weighted by atomic mass is 9.92. The van der Waals surface area contributed by atoms with Gasteiger partial charge in [0.2, 0.25) is 0 Å². The highest BCUT2D eigenvalue weighted by Crippen LogP contribution is 2.25. The summed E-state index contributed by atoms with van der Waals surface area (Å²) >= 11 is 0. The van der Waals surface area contributed by atoms with Gasteiger partial charge in [-0.25, -0.2) is 0 Å². The fraction of sp³-hybridized carbons (Fsp3) is 1.00. The van der Waals surface area contributed by atoms with E-state index in [0.717, 1.165) is 18.0 Å². The first kappa shape index (κ1) is 12.4. The highest BCUT2D eigenvalue weighted by atomic mass is 15.0. The van der Waals surface area contributed by atoms with E-state index in [9.17, 15) is 0 Å². The summed E-state index contributed by atoms with van der Waals surface area (Å²) in [6.45, 7) is 4.80. The SMILES string of the molecule is C[C@H](NC1CCCNC1)C1CCCCCC1. The molecular weight excluding hydrogens is 196 g/mol. The minimum absolute atomic E-state index is 0.725. The van der Waals surface area contributed by atoms with Crippen LogP contribution >= 0.6 is 0 Å². The number of hydrogen-bond donors (Lipinski definition) is 2. The minimum Gasteiger partial charge on any atom is -0.315 e. The first-order chi connectivity index (χ1) is 7.86. The Bertz CT molecular complexity index is 179. The second kappa shape index (κ2) is 6.61. The van der Waals surface area contributed by atoms with Gasteiger partial charge in [-0.2, -0.15) is 0 Å². The Kier molecular flexibility index (Phi) is 5.11. The lowest BCUT2D eigenvalue weighted by Crippen LogP contribution is -2.48. The minimum atomic E-state index is 0.725. The highest BCUT2D eigenvalue weighted by molar-refractivity contribution is 4.82. The first-order valence-electron chi connectivity index (χ1n) is 7.33. The van der Waals surface area contributed by atoms with Crippen molar-refractivity contribution < 1.29 is 0 Å². The zero-order valence-corrected chi connectivity index (χ0v) is 10.8. The molecule has 1 unspecified atom stereocenters.